The largest absolute Gasteiger partial charge is 0.249 e. The molecule has 0 aromatic rings. The predicted octanol–water partition coefficient (Wildman–Crippen LogP) is 0.942. The minimum Gasteiger partial charge on any atom is -0.249 e. The average molecular weight is 167 g/mol. The average Bonchev–Trinajstić information content (AvgIpc) is 1.56. The van der Waals surface area contributed by atoms with Crippen LogP contribution in [-0.4, -0.2) is 22.6 Å². The summed E-state index contributed by atoms with van der Waals surface area (Å²) in [6.07, 6.45) is 0. The first-order chi connectivity index (χ1) is 4.67. The first-order valence-corrected chi connectivity index (χ1v) is 3.71. The Morgan fingerprint density at radius 3 is 2.50 bits per heavy atom. The van der Waals surface area contributed by atoms with Gasteiger partial charge in [0.25, 0.3) is 0 Å². The Balaban J connectivity index is 2.33. The fraction of sp³-hybridized carbons (Fsp3) is 1.00. The van der Waals surface area contributed by atoms with Crippen LogP contribution in [0.25, 0.3) is 0 Å². The minimum absolute atomic E-state index is 0.0885. The predicted molar refractivity (Wildman–Crippen MR) is 35.0 cm³/mol. The van der Waals surface area contributed by atoms with E-state index in [-0.39, 0.29) is 15.6 Å². The van der Waals surface area contributed by atoms with E-state index in [0.717, 1.165) is 0 Å². The SMILES string of the molecule is CC(C)(POO)N1OCO1. The van der Waals surface area contributed by atoms with Crippen LogP contribution in [0.3, 0.4) is 0 Å². The highest BCUT2D eigenvalue weighted by atomic mass is 31.1. The van der Waals surface area contributed by atoms with Crippen molar-refractivity contribution < 1.29 is 19.6 Å². The lowest BCUT2D eigenvalue weighted by Crippen LogP contribution is -2.48. The van der Waals surface area contributed by atoms with E-state index in [1.54, 1.807) is 0 Å². The van der Waals surface area contributed by atoms with Gasteiger partial charge in [0.1, 0.15) is 5.28 Å². The third-order valence-electron chi connectivity index (χ3n) is 1.09. The number of hydrogen-bond donors (Lipinski definition) is 1. The quantitative estimate of drug-likeness (QED) is 0.385. The molecule has 1 aliphatic heterocycles. The second-order valence-electron chi connectivity index (χ2n) is 2.39. The van der Waals surface area contributed by atoms with Gasteiger partial charge in [-0.2, -0.15) is 0 Å². The van der Waals surface area contributed by atoms with Crippen molar-refractivity contribution >= 4 is 8.81 Å². The van der Waals surface area contributed by atoms with Crippen molar-refractivity contribution in [2.75, 3.05) is 6.79 Å². The Labute approximate surface area is 60.6 Å². The summed E-state index contributed by atoms with van der Waals surface area (Å²) in [7, 11) is -0.0885. The minimum atomic E-state index is -0.410. The molecule has 0 amide bonds. The molecule has 1 N–H and O–H groups in total. The maximum absolute atomic E-state index is 8.14. The van der Waals surface area contributed by atoms with Crippen molar-refractivity contribution in [3.63, 3.8) is 0 Å². The van der Waals surface area contributed by atoms with Crippen molar-refractivity contribution in [1.29, 1.82) is 0 Å². The van der Waals surface area contributed by atoms with E-state index in [9.17, 15) is 0 Å². The molecule has 0 aromatic heterocycles. The van der Waals surface area contributed by atoms with Gasteiger partial charge < -0.3 is 0 Å². The van der Waals surface area contributed by atoms with E-state index < -0.39 is 5.28 Å². The lowest BCUT2D eigenvalue weighted by Gasteiger charge is -2.39. The normalized spacial score (nSPS) is 21.9. The van der Waals surface area contributed by atoms with Gasteiger partial charge in [-0.15, -0.1) is 0 Å². The Kier molecular flexibility index (Phi) is 2.57. The molecule has 0 aliphatic carbocycles. The van der Waals surface area contributed by atoms with Gasteiger partial charge in [0.2, 0.25) is 0 Å². The lowest BCUT2D eigenvalue weighted by molar-refractivity contribution is -0.537. The molecule has 0 spiro atoms. The summed E-state index contributed by atoms with van der Waals surface area (Å²) < 4.78 is 3.99. The van der Waals surface area contributed by atoms with E-state index in [0.29, 0.717) is 0 Å². The van der Waals surface area contributed by atoms with Crippen molar-refractivity contribution in [1.82, 2.24) is 5.23 Å². The van der Waals surface area contributed by atoms with Crippen LogP contribution in [0, 0.1) is 0 Å². The van der Waals surface area contributed by atoms with Gasteiger partial charge >= 0.3 is 0 Å². The van der Waals surface area contributed by atoms with Crippen molar-refractivity contribution in [2.45, 2.75) is 19.1 Å². The maximum atomic E-state index is 8.14. The molecule has 5 nitrogen and oxygen atoms in total. The Morgan fingerprint density at radius 1 is 1.60 bits per heavy atom. The van der Waals surface area contributed by atoms with E-state index in [1.165, 1.54) is 5.23 Å². The molecule has 1 saturated heterocycles. The molecule has 6 heteroatoms. The number of hydroxylamine groups is 2. The molecule has 0 aromatic carbocycles. The van der Waals surface area contributed by atoms with Crippen LogP contribution in [-0.2, 0) is 14.3 Å². The van der Waals surface area contributed by atoms with Gasteiger partial charge in [-0.3, -0.25) is 0 Å². The van der Waals surface area contributed by atoms with E-state index >= 15 is 0 Å². The summed E-state index contributed by atoms with van der Waals surface area (Å²) in [5, 5.41) is 9.04. The molecule has 60 valence electrons. The smallest absolute Gasteiger partial charge is 0.192 e. The fourth-order valence-corrected chi connectivity index (χ4v) is 1.00. The summed E-state index contributed by atoms with van der Waals surface area (Å²) >= 11 is 0. The first-order valence-electron chi connectivity index (χ1n) is 2.80. The van der Waals surface area contributed by atoms with Gasteiger partial charge in [-0.05, 0) is 19.1 Å². The van der Waals surface area contributed by atoms with Crippen molar-refractivity contribution in [3.8, 4) is 0 Å². The number of rotatable bonds is 3. The van der Waals surface area contributed by atoms with E-state index in [1.807, 2.05) is 13.8 Å². The summed E-state index contributed by atoms with van der Waals surface area (Å²) in [6.45, 7) is 3.95. The zero-order valence-corrected chi connectivity index (χ0v) is 6.83. The van der Waals surface area contributed by atoms with E-state index in [4.69, 9.17) is 14.9 Å². The van der Waals surface area contributed by atoms with Crippen LogP contribution >= 0.6 is 8.81 Å². The van der Waals surface area contributed by atoms with Gasteiger partial charge in [0.15, 0.2) is 6.79 Å². The Hall–Kier alpha value is 0.230. The summed E-state index contributed by atoms with van der Waals surface area (Å²) in [6, 6.07) is 0. The van der Waals surface area contributed by atoms with Crippen molar-refractivity contribution in [2.24, 2.45) is 0 Å². The molecule has 1 heterocycles. The Bertz CT molecular complexity index is 116. The molecule has 10 heavy (non-hydrogen) atoms. The zero-order valence-electron chi connectivity index (χ0n) is 5.83. The number of hydrogen-bond acceptors (Lipinski definition) is 5. The second-order valence-corrected chi connectivity index (χ2v) is 4.00. The standard InChI is InChI=1S/C4H10NO4P/c1-4(2,10-9-6)5-7-3-8-5/h6,10H,3H2,1-2H3. The first kappa shape index (κ1) is 8.33. The molecule has 1 unspecified atom stereocenters. The third kappa shape index (κ3) is 1.63. The van der Waals surface area contributed by atoms with Crippen LogP contribution in [0.4, 0.5) is 0 Å². The summed E-state index contributed by atoms with van der Waals surface area (Å²) in [5.41, 5.74) is 0. The van der Waals surface area contributed by atoms with E-state index in [2.05, 4.69) is 4.67 Å². The molecule has 1 rings (SSSR count). The monoisotopic (exact) mass is 167 g/mol. The molecule has 0 saturated carbocycles. The lowest BCUT2D eigenvalue weighted by atomic mass is 10.4. The molecule has 0 bridgehead atoms. The highest BCUT2D eigenvalue weighted by Gasteiger charge is 2.35. The summed E-state index contributed by atoms with van der Waals surface area (Å²) in [5.74, 6) is 0. The molecule has 0 radical (unpaired) electrons. The Morgan fingerprint density at radius 2 is 2.20 bits per heavy atom. The highest BCUT2D eigenvalue weighted by molar-refractivity contribution is 7.33. The van der Waals surface area contributed by atoms with Gasteiger partial charge in [-0.25, -0.2) is 19.6 Å². The van der Waals surface area contributed by atoms with Gasteiger partial charge in [0, 0.05) is 0 Å². The molecular weight excluding hydrogens is 157 g/mol. The third-order valence-corrected chi connectivity index (χ3v) is 1.87. The van der Waals surface area contributed by atoms with Crippen molar-refractivity contribution in [3.05, 3.63) is 0 Å². The highest BCUT2D eigenvalue weighted by Crippen LogP contribution is 2.37. The second kappa shape index (κ2) is 3.09. The number of nitrogens with zero attached hydrogens (tertiary/aromatic N) is 1. The molecular formula is C4H10NO4P. The van der Waals surface area contributed by atoms with Gasteiger partial charge in [0.05, 0.1) is 8.81 Å². The van der Waals surface area contributed by atoms with Crippen LogP contribution in [0.15, 0.2) is 0 Å². The fourth-order valence-electron chi connectivity index (χ4n) is 0.577. The van der Waals surface area contributed by atoms with Gasteiger partial charge in [-0.1, -0.05) is 0 Å². The molecule has 1 atom stereocenters. The molecule has 1 aliphatic rings. The maximum Gasteiger partial charge on any atom is 0.192 e. The topological polar surface area (TPSA) is 51.2 Å². The van der Waals surface area contributed by atoms with Crippen LogP contribution in [0.1, 0.15) is 13.8 Å². The van der Waals surface area contributed by atoms with Crippen LogP contribution < -0.4 is 0 Å². The summed E-state index contributed by atoms with van der Waals surface area (Å²) in [4.78, 5) is 9.75. The van der Waals surface area contributed by atoms with Crippen LogP contribution in [0.2, 0.25) is 0 Å². The van der Waals surface area contributed by atoms with Crippen LogP contribution in [0.5, 0.6) is 0 Å². The molecule has 1 fully saturated rings. The zero-order chi connectivity index (χ0) is 7.61.